The van der Waals surface area contributed by atoms with Crippen LogP contribution >= 0.6 is 12.4 Å². The van der Waals surface area contributed by atoms with Gasteiger partial charge in [-0.05, 0) is 67.2 Å². The molecule has 0 radical (unpaired) electrons. The molecule has 0 aromatic heterocycles. The van der Waals surface area contributed by atoms with Gasteiger partial charge in [0.25, 0.3) is 0 Å². The zero-order valence-electron chi connectivity index (χ0n) is 15.7. The molecule has 3 rings (SSSR count). The van der Waals surface area contributed by atoms with Crippen LogP contribution in [-0.2, 0) is 0 Å². The van der Waals surface area contributed by atoms with Crippen LogP contribution in [0.15, 0.2) is 24.3 Å². The van der Waals surface area contributed by atoms with E-state index in [0.717, 1.165) is 23.5 Å². The summed E-state index contributed by atoms with van der Waals surface area (Å²) >= 11 is 0. The van der Waals surface area contributed by atoms with Gasteiger partial charge in [-0.25, -0.2) is 0 Å². The quantitative estimate of drug-likeness (QED) is 0.765. The third-order valence-corrected chi connectivity index (χ3v) is 6.93. The zero-order valence-corrected chi connectivity index (χ0v) is 16.5. The van der Waals surface area contributed by atoms with Crippen LogP contribution < -0.4 is 10.1 Å². The fourth-order valence-electron chi connectivity index (χ4n) is 5.45. The predicted molar refractivity (Wildman–Crippen MR) is 104 cm³/mol. The van der Waals surface area contributed by atoms with Crippen molar-refractivity contribution in [3.8, 4) is 5.75 Å². The number of nitrogens with one attached hydrogen (secondary N) is 1. The number of piperidine rings is 1. The molecule has 1 aliphatic carbocycles. The Morgan fingerprint density at radius 2 is 2.00 bits per heavy atom. The normalized spacial score (nSPS) is 35.2. The summed E-state index contributed by atoms with van der Waals surface area (Å²) in [6.07, 6.45) is 6.51. The van der Waals surface area contributed by atoms with Crippen molar-refractivity contribution in [2.75, 3.05) is 13.7 Å². The first-order valence-electron chi connectivity index (χ1n) is 9.56. The molecule has 0 spiro atoms. The van der Waals surface area contributed by atoms with Gasteiger partial charge in [-0.1, -0.05) is 45.7 Å². The van der Waals surface area contributed by atoms with Gasteiger partial charge in [0.15, 0.2) is 0 Å². The van der Waals surface area contributed by atoms with Gasteiger partial charge in [0, 0.05) is 5.54 Å². The lowest BCUT2D eigenvalue weighted by Gasteiger charge is -2.57. The van der Waals surface area contributed by atoms with E-state index in [1.54, 1.807) is 7.11 Å². The van der Waals surface area contributed by atoms with Crippen molar-refractivity contribution >= 4 is 12.4 Å². The molecule has 136 valence electrons. The summed E-state index contributed by atoms with van der Waals surface area (Å²) in [5.41, 5.74) is 1.89. The van der Waals surface area contributed by atoms with Gasteiger partial charge in [-0.3, -0.25) is 0 Å². The molecule has 1 aliphatic heterocycles. The van der Waals surface area contributed by atoms with Crippen LogP contribution in [0.1, 0.15) is 64.4 Å². The second kappa shape index (κ2) is 8.10. The third kappa shape index (κ3) is 3.32. The van der Waals surface area contributed by atoms with E-state index >= 15 is 0 Å². The second-order valence-corrected chi connectivity index (χ2v) is 7.65. The molecule has 24 heavy (non-hydrogen) atoms. The summed E-state index contributed by atoms with van der Waals surface area (Å²) in [6, 6.07) is 8.84. The molecule has 1 saturated carbocycles. The van der Waals surface area contributed by atoms with E-state index in [-0.39, 0.29) is 12.4 Å². The lowest BCUT2D eigenvalue weighted by Crippen LogP contribution is -2.62. The minimum Gasteiger partial charge on any atom is -0.497 e. The average molecular weight is 352 g/mol. The van der Waals surface area contributed by atoms with Crippen molar-refractivity contribution in [1.82, 2.24) is 5.32 Å². The van der Waals surface area contributed by atoms with Crippen LogP contribution in [0, 0.1) is 17.8 Å². The number of rotatable bonds is 5. The molecule has 2 nitrogen and oxygen atoms in total. The molecular weight excluding hydrogens is 318 g/mol. The van der Waals surface area contributed by atoms with E-state index in [2.05, 4.69) is 50.4 Å². The Bertz CT molecular complexity index is 534. The first kappa shape index (κ1) is 19.6. The molecule has 1 N–H and O–H groups in total. The summed E-state index contributed by atoms with van der Waals surface area (Å²) in [4.78, 5) is 0. The van der Waals surface area contributed by atoms with Crippen LogP contribution in [0.2, 0.25) is 0 Å². The van der Waals surface area contributed by atoms with Crippen molar-refractivity contribution in [1.29, 1.82) is 0 Å². The minimum absolute atomic E-state index is 0. The lowest BCUT2D eigenvalue weighted by molar-refractivity contribution is 0.00675. The van der Waals surface area contributed by atoms with Crippen molar-refractivity contribution in [3.63, 3.8) is 0 Å². The van der Waals surface area contributed by atoms with Gasteiger partial charge >= 0.3 is 0 Å². The Kier molecular flexibility index (Phi) is 6.61. The molecular formula is C21H34ClNO. The van der Waals surface area contributed by atoms with Crippen LogP contribution in [0.5, 0.6) is 5.75 Å². The van der Waals surface area contributed by atoms with Crippen LogP contribution in [0.3, 0.4) is 0 Å². The van der Waals surface area contributed by atoms with E-state index in [1.807, 2.05) is 0 Å². The van der Waals surface area contributed by atoms with Crippen molar-refractivity contribution < 1.29 is 4.74 Å². The number of ether oxygens (including phenoxy) is 1. The highest BCUT2D eigenvalue weighted by atomic mass is 35.5. The Labute approximate surface area is 154 Å². The van der Waals surface area contributed by atoms with Crippen molar-refractivity contribution in [2.45, 2.75) is 64.3 Å². The Balaban J connectivity index is 0.00000208. The topological polar surface area (TPSA) is 21.3 Å². The highest BCUT2D eigenvalue weighted by Crippen LogP contribution is 2.53. The summed E-state index contributed by atoms with van der Waals surface area (Å²) < 4.78 is 5.48. The van der Waals surface area contributed by atoms with Gasteiger partial charge < -0.3 is 10.1 Å². The Morgan fingerprint density at radius 1 is 1.21 bits per heavy atom. The van der Waals surface area contributed by atoms with E-state index in [0.29, 0.717) is 11.5 Å². The maximum Gasteiger partial charge on any atom is 0.119 e. The highest BCUT2D eigenvalue weighted by molar-refractivity contribution is 5.85. The molecule has 1 saturated heterocycles. The lowest BCUT2D eigenvalue weighted by atomic mass is 9.55. The predicted octanol–water partition coefficient (Wildman–Crippen LogP) is 5.42. The molecule has 1 aromatic rings. The van der Waals surface area contributed by atoms with Gasteiger partial charge in [0.05, 0.1) is 7.11 Å². The monoisotopic (exact) mass is 351 g/mol. The van der Waals surface area contributed by atoms with E-state index in [9.17, 15) is 0 Å². The highest BCUT2D eigenvalue weighted by Gasteiger charge is 2.50. The number of fused-ring (bicyclic) bond motifs is 2. The van der Waals surface area contributed by atoms with Gasteiger partial charge in [0.1, 0.15) is 5.75 Å². The summed E-state index contributed by atoms with van der Waals surface area (Å²) in [6.45, 7) is 8.31. The summed E-state index contributed by atoms with van der Waals surface area (Å²) in [7, 11) is 1.77. The number of hydrogen-bond acceptors (Lipinski definition) is 2. The molecule has 5 atom stereocenters. The average Bonchev–Trinajstić information content (AvgIpc) is 2.62. The Hall–Kier alpha value is -0.730. The zero-order chi connectivity index (χ0) is 16.4. The number of halogens is 1. The molecule has 2 bridgehead atoms. The van der Waals surface area contributed by atoms with Crippen LogP contribution in [0.25, 0.3) is 0 Å². The minimum atomic E-state index is 0. The van der Waals surface area contributed by atoms with Crippen LogP contribution in [0.4, 0.5) is 0 Å². The maximum atomic E-state index is 5.48. The Morgan fingerprint density at radius 3 is 2.62 bits per heavy atom. The molecule has 3 heteroatoms. The van der Waals surface area contributed by atoms with E-state index in [4.69, 9.17) is 4.74 Å². The maximum absolute atomic E-state index is 5.48. The molecule has 1 aromatic carbocycles. The van der Waals surface area contributed by atoms with Gasteiger partial charge in [-0.15, -0.1) is 12.4 Å². The number of methoxy groups -OCH3 is 1. The third-order valence-electron chi connectivity index (χ3n) is 6.93. The van der Waals surface area contributed by atoms with Gasteiger partial charge in [0.2, 0.25) is 0 Å². The summed E-state index contributed by atoms with van der Waals surface area (Å²) in [5, 5.41) is 3.99. The standard InChI is InChI=1S/C21H33NO.ClH/c1-5-15-14-22-21(7-3)13-20(15)19(12-17(21)6-2)16-9-8-10-18(11-16)23-4;/h8-11,15,17,19-20,22H,5-7,12-14H2,1-4H3;1H. The van der Waals surface area contributed by atoms with Crippen molar-refractivity contribution in [3.05, 3.63) is 29.8 Å². The molecule has 2 fully saturated rings. The smallest absolute Gasteiger partial charge is 0.119 e. The van der Waals surface area contributed by atoms with E-state index in [1.165, 1.54) is 44.2 Å². The SMILES string of the molecule is CCC1CNC2(CC)CC1C(c1cccc(OC)c1)CC2CC.Cl. The van der Waals surface area contributed by atoms with E-state index < -0.39 is 0 Å². The van der Waals surface area contributed by atoms with Crippen LogP contribution in [-0.4, -0.2) is 19.2 Å². The second-order valence-electron chi connectivity index (χ2n) is 7.65. The molecule has 0 amide bonds. The molecule has 2 aliphatic rings. The number of benzene rings is 1. The fraction of sp³-hybridized carbons (Fsp3) is 0.714. The first-order valence-corrected chi connectivity index (χ1v) is 9.56. The largest absolute Gasteiger partial charge is 0.497 e. The van der Waals surface area contributed by atoms with Gasteiger partial charge in [-0.2, -0.15) is 0 Å². The molecule has 1 heterocycles. The fourth-order valence-corrected chi connectivity index (χ4v) is 5.45. The van der Waals surface area contributed by atoms with Crippen molar-refractivity contribution in [2.24, 2.45) is 17.8 Å². The summed E-state index contributed by atoms with van der Waals surface area (Å²) in [5.74, 6) is 4.11. The first-order chi connectivity index (χ1) is 11.2. The number of hydrogen-bond donors (Lipinski definition) is 1. The molecule has 5 unspecified atom stereocenters.